The Kier molecular flexibility index (Phi) is 4.11. The third kappa shape index (κ3) is 2.38. The maximum atomic E-state index is 11.6. The number of benzene rings is 1. The molecule has 2 saturated heterocycles. The molecule has 5 heteroatoms. The van der Waals surface area contributed by atoms with Gasteiger partial charge in [-0.25, -0.2) is 0 Å². The smallest absolute Gasteiger partial charge is 0.248 e. The number of hydrogen-bond acceptors (Lipinski definition) is 4. The van der Waals surface area contributed by atoms with Crippen LogP contribution >= 0.6 is 0 Å². The first kappa shape index (κ1) is 16.1. The zero-order valence-electron chi connectivity index (χ0n) is 14.2. The highest BCUT2D eigenvalue weighted by molar-refractivity contribution is 5.92. The van der Waals surface area contributed by atoms with Crippen LogP contribution in [0.4, 0.5) is 0 Å². The molecular formula is C19H26N2O3. The maximum absolute atomic E-state index is 11.6. The number of piperidine rings is 1. The zero-order valence-corrected chi connectivity index (χ0v) is 14.2. The van der Waals surface area contributed by atoms with E-state index in [0.29, 0.717) is 23.4 Å². The van der Waals surface area contributed by atoms with Crippen LogP contribution in [0, 0.1) is 11.8 Å². The zero-order chi connectivity index (χ0) is 16.7. The van der Waals surface area contributed by atoms with Gasteiger partial charge >= 0.3 is 0 Å². The van der Waals surface area contributed by atoms with Crippen molar-refractivity contribution in [3.63, 3.8) is 0 Å². The van der Waals surface area contributed by atoms with Crippen LogP contribution in [0.2, 0.25) is 0 Å². The molecule has 4 rings (SSSR count). The van der Waals surface area contributed by atoms with E-state index in [1.165, 1.54) is 6.42 Å². The summed E-state index contributed by atoms with van der Waals surface area (Å²) in [5, 5.41) is 0. The van der Waals surface area contributed by atoms with Crippen molar-refractivity contribution in [2.45, 2.75) is 30.9 Å². The Bertz CT molecular complexity index is 615. The van der Waals surface area contributed by atoms with Crippen LogP contribution in [0.3, 0.4) is 0 Å². The largest absolute Gasteiger partial charge is 0.378 e. The topological polar surface area (TPSA) is 64.8 Å². The van der Waals surface area contributed by atoms with Crippen LogP contribution in [0.25, 0.3) is 0 Å². The van der Waals surface area contributed by atoms with Crippen molar-refractivity contribution in [3.05, 3.63) is 35.4 Å². The quantitative estimate of drug-likeness (QED) is 0.914. The molecule has 1 aromatic carbocycles. The van der Waals surface area contributed by atoms with Gasteiger partial charge in [-0.05, 0) is 30.5 Å². The molecule has 0 aromatic heterocycles. The highest BCUT2D eigenvalue weighted by Gasteiger charge is 2.54. The molecule has 2 aliphatic heterocycles. The molecule has 1 aromatic rings. The van der Waals surface area contributed by atoms with E-state index in [4.69, 9.17) is 15.2 Å². The molecule has 0 radical (unpaired) electrons. The summed E-state index contributed by atoms with van der Waals surface area (Å²) in [5.74, 6) is 0.509. The van der Waals surface area contributed by atoms with Gasteiger partial charge in [0.2, 0.25) is 5.91 Å². The van der Waals surface area contributed by atoms with Crippen molar-refractivity contribution in [1.29, 1.82) is 0 Å². The highest BCUT2D eigenvalue weighted by Crippen LogP contribution is 2.52. The summed E-state index contributed by atoms with van der Waals surface area (Å²) in [6.07, 6.45) is 3.58. The lowest BCUT2D eigenvalue weighted by Crippen LogP contribution is -2.63. The lowest BCUT2D eigenvalue weighted by Gasteiger charge is -2.57. The Morgan fingerprint density at radius 2 is 2.00 bits per heavy atom. The first-order valence-electron chi connectivity index (χ1n) is 8.92. The van der Waals surface area contributed by atoms with Crippen LogP contribution in [0.15, 0.2) is 24.3 Å². The molecule has 5 nitrogen and oxygen atoms in total. The van der Waals surface area contributed by atoms with Gasteiger partial charge in [0.05, 0.1) is 19.3 Å². The van der Waals surface area contributed by atoms with Crippen molar-refractivity contribution in [1.82, 2.24) is 4.90 Å². The first-order chi connectivity index (χ1) is 11.6. The van der Waals surface area contributed by atoms with Gasteiger partial charge in [-0.15, -0.1) is 0 Å². The number of rotatable bonds is 4. The van der Waals surface area contributed by atoms with Gasteiger partial charge in [0, 0.05) is 37.6 Å². The molecule has 24 heavy (non-hydrogen) atoms. The number of methoxy groups -OCH3 is 1. The van der Waals surface area contributed by atoms with E-state index < -0.39 is 0 Å². The number of primary amides is 1. The van der Waals surface area contributed by atoms with E-state index in [2.05, 4.69) is 11.0 Å². The second-order valence-corrected chi connectivity index (χ2v) is 7.41. The molecule has 2 heterocycles. The van der Waals surface area contributed by atoms with Crippen molar-refractivity contribution in [2.24, 2.45) is 17.6 Å². The average molecular weight is 330 g/mol. The van der Waals surface area contributed by atoms with E-state index in [-0.39, 0.29) is 11.5 Å². The summed E-state index contributed by atoms with van der Waals surface area (Å²) in [7, 11) is 1.82. The molecule has 130 valence electrons. The Morgan fingerprint density at radius 1 is 1.29 bits per heavy atom. The monoisotopic (exact) mass is 330 g/mol. The number of hydrogen-bond donors (Lipinski definition) is 1. The summed E-state index contributed by atoms with van der Waals surface area (Å²) in [4.78, 5) is 14.2. The number of carbonyl (C=O) groups excluding carboxylic acids is 1. The molecule has 3 atom stereocenters. The van der Waals surface area contributed by atoms with Crippen LogP contribution in [-0.2, 0) is 15.1 Å². The molecule has 1 amide bonds. The molecule has 3 aliphatic rings. The van der Waals surface area contributed by atoms with E-state index in [1.54, 1.807) is 6.07 Å². The van der Waals surface area contributed by atoms with Gasteiger partial charge in [-0.2, -0.15) is 0 Å². The van der Waals surface area contributed by atoms with Crippen molar-refractivity contribution in [3.8, 4) is 0 Å². The van der Waals surface area contributed by atoms with Gasteiger partial charge in [0.1, 0.15) is 5.60 Å². The van der Waals surface area contributed by atoms with Crippen LogP contribution in [0.5, 0.6) is 0 Å². The van der Waals surface area contributed by atoms with E-state index >= 15 is 0 Å². The predicted molar refractivity (Wildman–Crippen MR) is 90.7 cm³/mol. The van der Waals surface area contributed by atoms with Crippen LogP contribution < -0.4 is 5.73 Å². The lowest BCUT2D eigenvalue weighted by molar-refractivity contribution is -0.191. The number of fused-ring (bicyclic) bond motifs is 2. The Morgan fingerprint density at radius 3 is 2.54 bits per heavy atom. The number of carbonyl (C=O) groups is 1. The molecule has 2 N–H and O–H groups in total. The fourth-order valence-corrected chi connectivity index (χ4v) is 5.04. The second-order valence-electron chi connectivity index (χ2n) is 7.41. The minimum Gasteiger partial charge on any atom is -0.378 e. The highest BCUT2D eigenvalue weighted by atomic mass is 16.5. The summed E-state index contributed by atoms with van der Waals surface area (Å²) in [6.45, 7) is 3.80. The lowest BCUT2D eigenvalue weighted by atomic mass is 9.62. The number of nitrogens with two attached hydrogens (primary N) is 1. The molecule has 1 saturated carbocycles. The Balaban J connectivity index is 1.70. The minimum absolute atomic E-state index is 0.301. The van der Waals surface area contributed by atoms with Crippen LogP contribution in [-0.4, -0.2) is 50.3 Å². The summed E-state index contributed by atoms with van der Waals surface area (Å²) >= 11 is 0. The SMILES string of the molecule is CO[C@@]1(c2cccc(C(N)=O)c2)[C@@H]2CCC[C@H]1CN(C1COC1)C2. The number of nitrogens with zero attached hydrogens (tertiary/aromatic N) is 1. The summed E-state index contributed by atoms with van der Waals surface area (Å²) < 4.78 is 11.6. The van der Waals surface area contributed by atoms with Crippen molar-refractivity contribution < 1.29 is 14.3 Å². The first-order valence-corrected chi connectivity index (χ1v) is 8.92. The average Bonchev–Trinajstić information content (AvgIpc) is 2.52. The number of ether oxygens (including phenoxy) is 2. The second kappa shape index (κ2) is 6.14. The maximum Gasteiger partial charge on any atom is 0.248 e. The Labute approximate surface area is 143 Å². The molecular weight excluding hydrogens is 304 g/mol. The fourth-order valence-electron chi connectivity index (χ4n) is 5.04. The summed E-state index contributed by atoms with van der Waals surface area (Å²) in [5.41, 5.74) is 6.88. The third-order valence-electron chi connectivity index (χ3n) is 6.30. The molecule has 0 spiro atoms. The van der Waals surface area contributed by atoms with Crippen molar-refractivity contribution in [2.75, 3.05) is 33.4 Å². The molecule has 1 aliphatic carbocycles. The van der Waals surface area contributed by atoms with E-state index in [0.717, 1.165) is 44.7 Å². The molecule has 0 unspecified atom stereocenters. The van der Waals surface area contributed by atoms with Gasteiger partial charge in [-0.1, -0.05) is 18.6 Å². The standard InChI is InChI=1S/C19H26N2O3/c1-23-19(14-5-2-4-13(8-14)18(20)22)15-6-3-7-16(19)10-21(9-15)17-11-24-12-17/h2,4-5,8,15-17H,3,6-7,9-12H2,1H3,(H2,20,22)/t15-,16+,19+. The fraction of sp³-hybridized carbons (Fsp3) is 0.632. The number of amides is 1. The van der Waals surface area contributed by atoms with Gasteiger partial charge in [-0.3, -0.25) is 9.69 Å². The third-order valence-corrected chi connectivity index (χ3v) is 6.30. The van der Waals surface area contributed by atoms with E-state index in [9.17, 15) is 4.79 Å². The van der Waals surface area contributed by atoms with Gasteiger partial charge in [0.15, 0.2) is 0 Å². The molecule has 2 bridgehead atoms. The van der Waals surface area contributed by atoms with Crippen molar-refractivity contribution >= 4 is 5.91 Å². The van der Waals surface area contributed by atoms with E-state index in [1.807, 2.05) is 19.2 Å². The Hall–Kier alpha value is -1.43. The summed E-state index contributed by atoms with van der Waals surface area (Å²) in [6, 6.07) is 8.33. The number of likely N-dealkylation sites (tertiary alicyclic amines) is 1. The van der Waals surface area contributed by atoms with Gasteiger partial charge < -0.3 is 15.2 Å². The van der Waals surface area contributed by atoms with Crippen LogP contribution in [0.1, 0.15) is 35.2 Å². The predicted octanol–water partition coefficient (Wildman–Crippen LogP) is 1.76. The minimum atomic E-state index is -0.377. The molecule has 3 fully saturated rings. The van der Waals surface area contributed by atoms with Gasteiger partial charge in [0.25, 0.3) is 0 Å². The normalized spacial score (nSPS) is 33.9.